The highest BCUT2D eigenvalue weighted by Gasteiger charge is 2.03. The monoisotopic (exact) mass is 464 g/mol. The van der Waals surface area contributed by atoms with Gasteiger partial charge in [0.25, 0.3) is 0 Å². The van der Waals surface area contributed by atoms with E-state index >= 15 is 0 Å². The molecule has 0 unspecified atom stereocenters. The maximum absolute atomic E-state index is 11.3. The van der Waals surface area contributed by atoms with Gasteiger partial charge in [-0.2, -0.15) is 0 Å². The number of esters is 2. The van der Waals surface area contributed by atoms with Crippen molar-refractivity contribution in [2.75, 3.05) is 26.4 Å². The molecule has 6 heteroatoms. The molecule has 180 valence electrons. The van der Waals surface area contributed by atoms with Crippen molar-refractivity contribution in [1.29, 1.82) is 0 Å². The van der Waals surface area contributed by atoms with Gasteiger partial charge in [-0.15, -0.1) is 0 Å². The fraction of sp³-hybridized carbons (Fsp3) is 0.286. The van der Waals surface area contributed by atoms with Crippen LogP contribution < -0.4 is 9.47 Å². The fourth-order valence-electron chi connectivity index (χ4n) is 2.62. The van der Waals surface area contributed by atoms with Gasteiger partial charge in [0.05, 0.1) is 26.4 Å². The van der Waals surface area contributed by atoms with Crippen LogP contribution >= 0.6 is 0 Å². The molecular weight excluding hydrogens is 432 g/mol. The Morgan fingerprint density at radius 2 is 1.00 bits per heavy atom. The highest BCUT2D eigenvalue weighted by Crippen LogP contribution is 2.17. The molecule has 2 aromatic carbocycles. The summed E-state index contributed by atoms with van der Waals surface area (Å²) < 4.78 is 21.4. The molecule has 0 fully saturated rings. The van der Waals surface area contributed by atoms with Crippen LogP contribution in [0, 0.1) is 0 Å². The average molecular weight is 465 g/mol. The van der Waals surface area contributed by atoms with Crippen molar-refractivity contribution in [2.45, 2.75) is 26.7 Å². The van der Waals surface area contributed by atoms with Crippen molar-refractivity contribution in [1.82, 2.24) is 0 Å². The van der Waals surface area contributed by atoms with Gasteiger partial charge in [-0.3, -0.25) is 0 Å². The number of rotatable bonds is 14. The molecule has 0 aliphatic carbocycles. The highest BCUT2D eigenvalue weighted by atomic mass is 16.5. The molecule has 0 heterocycles. The third kappa shape index (κ3) is 10.2. The molecule has 0 amide bonds. The Hall–Kier alpha value is -3.80. The first kappa shape index (κ1) is 26.5. The van der Waals surface area contributed by atoms with E-state index in [1.54, 1.807) is 13.8 Å². The molecule has 0 N–H and O–H groups in total. The Morgan fingerprint density at radius 1 is 0.647 bits per heavy atom. The lowest BCUT2D eigenvalue weighted by molar-refractivity contribution is -0.140. The summed E-state index contributed by atoms with van der Waals surface area (Å²) in [6.45, 7) is 11.9. The summed E-state index contributed by atoms with van der Waals surface area (Å²) in [5.41, 5.74) is 2.88. The number of benzene rings is 2. The Morgan fingerprint density at radius 3 is 1.32 bits per heavy atom. The molecule has 6 nitrogen and oxygen atoms in total. The second-order valence-electron chi connectivity index (χ2n) is 7.71. The Balaban J connectivity index is 1.68. The minimum atomic E-state index is -0.378. The third-order valence-corrected chi connectivity index (χ3v) is 4.51. The zero-order chi connectivity index (χ0) is 24.8. The van der Waals surface area contributed by atoms with E-state index in [0.29, 0.717) is 50.4 Å². The standard InChI is InChI=1S/C28H32O6/c1-21(2)27(29)33-19-5-17-31-25-13-9-23(10-14-25)7-8-24-11-15-26(16-12-24)32-18-6-20-34-28(30)22(3)4/h7-16H,1,3,5-6,17-20H2,2,4H3. The smallest absolute Gasteiger partial charge is 0.333 e. The minimum absolute atomic E-state index is 0.307. The molecule has 34 heavy (non-hydrogen) atoms. The van der Waals surface area contributed by atoms with Crippen molar-refractivity contribution < 1.29 is 28.5 Å². The predicted molar refractivity (Wildman–Crippen MR) is 134 cm³/mol. The van der Waals surface area contributed by atoms with Gasteiger partial charge < -0.3 is 18.9 Å². The van der Waals surface area contributed by atoms with Crippen LogP contribution in [0.15, 0.2) is 72.8 Å². The molecule has 0 aliphatic rings. The van der Waals surface area contributed by atoms with Crippen LogP contribution in [-0.4, -0.2) is 38.4 Å². The molecule has 0 spiro atoms. The van der Waals surface area contributed by atoms with Crippen LogP contribution in [0.25, 0.3) is 12.2 Å². The summed E-state index contributed by atoms with van der Waals surface area (Å²) in [5, 5.41) is 0. The summed E-state index contributed by atoms with van der Waals surface area (Å²) in [5.74, 6) is 0.771. The largest absolute Gasteiger partial charge is 0.493 e. The zero-order valence-corrected chi connectivity index (χ0v) is 19.9. The average Bonchev–Trinajstić information content (AvgIpc) is 2.83. The van der Waals surface area contributed by atoms with Gasteiger partial charge in [-0.25, -0.2) is 9.59 Å². The first-order valence-electron chi connectivity index (χ1n) is 11.1. The van der Waals surface area contributed by atoms with Gasteiger partial charge in [0.15, 0.2) is 0 Å². The number of carbonyl (C=O) groups excluding carboxylic acids is 2. The van der Waals surface area contributed by atoms with Crippen LogP contribution in [-0.2, 0) is 19.1 Å². The lowest BCUT2D eigenvalue weighted by atomic mass is 10.1. The molecule has 2 rings (SSSR count). The number of hydrogen-bond acceptors (Lipinski definition) is 6. The second-order valence-corrected chi connectivity index (χ2v) is 7.71. The van der Waals surface area contributed by atoms with Crippen molar-refractivity contribution in [3.8, 4) is 11.5 Å². The third-order valence-electron chi connectivity index (χ3n) is 4.51. The van der Waals surface area contributed by atoms with E-state index < -0.39 is 0 Å². The summed E-state index contributed by atoms with van der Waals surface area (Å²) in [6.07, 6.45) is 5.27. The van der Waals surface area contributed by atoms with E-state index in [-0.39, 0.29) is 11.9 Å². The first-order chi connectivity index (χ1) is 16.3. The molecule has 0 radical (unpaired) electrons. The summed E-state index contributed by atoms with van der Waals surface area (Å²) >= 11 is 0. The quantitative estimate of drug-likeness (QED) is 0.156. The lowest BCUT2D eigenvalue weighted by Crippen LogP contribution is -2.09. The van der Waals surface area contributed by atoms with Gasteiger partial charge >= 0.3 is 11.9 Å². The van der Waals surface area contributed by atoms with Crippen LogP contribution in [0.5, 0.6) is 11.5 Å². The normalized spacial score (nSPS) is 10.5. The predicted octanol–water partition coefficient (Wildman–Crippen LogP) is 5.63. The van der Waals surface area contributed by atoms with Gasteiger partial charge in [-0.1, -0.05) is 49.6 Å². The molecule has 2 aromatic rings. The Labute approximate surface area is 201 Å². The summed E-state index contributed by atoms with van der Waals surface area (Å²) in [7, 11) is 0. The maximum Gasteiger partial charge on any atom is 0.333 e. The van der Waals surface area contributed by atoms with E-state index in [1.165, 1.54) is 0 Å². The van der Waals surface area contributed by atoms with Crippen molar-refractivity contribution >= 4 is 24.1 Å². The first-order valence-corrected chi connectivity index (χ1v) is 11.1. The molecule has 0 aliphatic heterocycles. The van der Waals surface area contributed by atoms with Gasteiger partial charge in [0, 0.05) is 24.0 Å². The summed E-state index contributed by atoms with van der Waals surface area (Å²) in [4.78, 5) is 22.6. The van der Waals surface area contributed by atoms with E-state index in [2.05, 4.69) is 13.2 Å². The van der Waals surface area contributed by atoms with E-state index in [1.807, 2.05) is 60.7 Å². The van der Waals surface area contributed by atoms with Crippen molar-refractivity contribution in [2.24, 2.45) is 0 Å². The molecule has 0 bridgehead atoms. The molecule has 0 saturated heterocycles. The van der Waals surface area contributed by atoms with Gasteiger partial charge in [0.2, 0.25) is 0 Å². The lowest BCUT2D eigenvalue weighted by Gasteiger charge is -2.08. The highest BCUT2D eigenvalue weighted by molar-refractivity contribution is 5.87. The van der Waals surface area contributed by atoms with Crippen LogP contribution in [0.1, 0.15) is 37.8 Å². The van der Waals surface area contributed by atoms with Gasteiger partial charge in [-0.05, 0) is 49.2 Å². The Bertz CT molecular complexity index is 905. The van der Waals surface area contributed by atoms with Crippen LogP contribution in [0.3, 0.4) is 0 Å². The van der Waals surface area contributed by atoms with Crippen molar-refractivity contribution in [3.05, 3.63) is 84.0 Å². The molecular formula is C28H32O6. The minimum Gasteiger partial charge on any atom is -0.493 e. The number of hydrogen-bond donors (Lipinski definition) is 0. The number of carbonyl (C=O) groups is 2. The second kappa shape index (κ2) is 14.4. The summed E-state index contributed by atoms with van der Waals surface area (Å²) in [6, 6.07) is 15.5. The van der Waals surface area contributed by atoms with Crippen LogP contribution in [0.2, 0.25) is 0 Å². The maximum atomic E-state index is 11.3. The molecule has 0 atom stereocenters. The molecule has 0 aromatic heterocycles. The van der Waals surface area contributed by atoms with Gasteiger partial charge in [0.1, 0.15) is 11.5 Å². The van der Waals surface area contributed by atoms with E-state index in [4.69, 9.17) is 18.9 Å². The fourth-order valence-corrected chi connectivity index (χ4v) is 2.62. The number of ether oxygens (including phenoxy) is 4. The molecule has 0 saturated carbocycles. The zero-order valence-electron chi connectivity index (χ0n) is 19.9. The van der Waals surface area contributed by atoms with Crippen LogP contribution in [0.4, 0.5) is 0 Å². The van der Waals surface area contributed by atoms with E-state index in [9.17, 15) is 9.59 Å². The topological polar surface area (TPSA) is 71.1 Å². The van der Waals surface area contributed by atoms with Crippen molar-refractivity contribution in [3.63, 3.8) is 0 Å². The van der Waals surface area contributed by atoms with E-state index in [0.717, 1.165) is 22.6 Å². The Kier molecular flexibility index (Phi) is 11.2. The SMILES string of the molecule is C=C(C)C(=O)OCCCOc1ccc(C=Cc2ccc(OCCCOC(=O)C(=C)C)cc2)cc1.